The van der Waals surface area contributed by atoms with Gasteiger partial charge in [-0.25, -0.2) is 14.6 Å². The first-order valence-corrected chi connectivity index (χ1v) is 11.3. The number of fused-ring (bicyclic) bond motifs is 1. The largest absolute Gasteiger partial charge is 0.464 e. The number of nitrogens with one attached hydrogen (secondary N) is 2. The minimum Gasteiger partial charge on any atom is -0.464 e. The topological polar surface area (TPSA) is 100 Å². The molecule has 3 amide bonds. The Balaban J connectivity index is 1.65. The molecule has 3 aromatic carbocycles. The molecule has 178 valence electrons. The number of esters is 1. The van der Waals surface area contributed by atoms with E-state index < -0.39 is 30.1 Å². The predicted molar refractivity (Wildman–Crippen MR) is 133 cm³/mol. The molecule has 0 bridgehead atoms. The van der Waals surface area contributed by atoms with E-state index in [2.05, 4.69) is 15.6 Å². The Morgan fingerprint density at radius 3 is 2.29 bits per heavy atom. The fourth-order valence-corrected chi connectivity index (χ4v) is 3.89. The van der Waals surface area contributed by atoms with Crippen LogP contribution < -0.4 is 15.5 Å². The number of ether oxygens (including phenoxy) is 1. The number of aliphatic imine (C=N–C) groups is 1. The smallest absolute Gasteiger partial charge is 0.333 e. The van der Waals surface area contributed by atoms with Gasteiger partial charge < -0.3 is 20.3 Å². The van der Waals surface area contributed by atoms with Gasteiger partial charge in [0.1, 0.15) is 0 Å². The Hall–Kier alpha value is -4.46. The summed E-state index contributed by atoms with van der Waals surface area (Å²) in [7, 11) is 1.64. The molecule has 1 aliphatic rings. The van der Waals surface area contributed by atoms with Crippen LogP contribution in [0, 0.1) is 0 Å². The molecule has 0 aliphatic carbocycles. The number of rotatable bonds is 6. The van der Waals surface area contributed by atoms with Gasteiger partial charge in [-0.2, -0.15) is 0 Å². The molecule has 2 N–H and O–H groups in total. The molecule has 8 nitrogen and oxygen atoms in total. The minimum atomic E-state index is -1.21. The number of nitrogens with zero attached hydrogens (tertiary/aromatic N) is 2. The van der Waals surface area contributed by atoms with Gasteiger partial charge in [0.15, 0.2) is 6.04 Å². The van der Waals surface area contributed by atoms with E-state index in [1.165, 1.54) is 4.90 Å². The number of benzodiazepines with no additional fused rings is 1. The van der Waals surface area contributed by atoms with E-state index in [0.717, 1.165) is 11.1 Å². The zero-order valence-electron chi connectivity index (χ0n) is 19.5. The third kappa shape index (κ3) is 5.22. The molecule has 1 aliphatic heterocycles. The van der Waals surface area contributed by atoms with Crippen molar-refractivity contribution in [2.24, 2.45) is 4.99 Å². The summed E-state index contributed by atoms with van der Waals surface area (Å²) in [5.41, 5.74) is 3.40. The summed E-state index contributed by atoms with van der Waals surface area (Å²) in [6, 6.07) is 23.9. The van der Waals surface area contributed by atoms with Crippen molar-refractivity contribution in [2.45, 2.75) is 19.1 Å². The van der Waals surface area contributed by atoms with Gasteiger partial charge >= 0.3 is 12.0 Å². The number of hydrogen-bond acceptors (Lipinski definition) is 5. The Kier molecular flexibility index (Phi) is 7.21. The summed E-state index contributed by atoms with van der Waals surface area (Å²) < 4.78 is 5.14. The molecule has 4 rings (SSSR count). The molecule has 2 unspecified atom stereocenters. The van der Waals surface area contributed by atoms with Crippen molar-refractivity contribution in [1.29, 1.82) is 0 Å². The zero-order valence-corrected chi connectivity index (χ0v) is 19.5. The van der Waals surface area contributed by atoms with Crippen molar-refractivity contribution in [2.75, 3.05) is 18.6 Å². The molecule has 0 saturated carbocycles. The van der Waals surface area contributed by atoms with Crippen LogP contribution in [-0.2, 0) is 14.3 Å². The first kappa shape index (κ1) is 23.7. The van der Waals surface area contributed by atoms with Crippen molar-refractivity contribution < 1.29 is 19.1 Å². The Labute approximate surface area is 203 Å². The lowest BCUT2D eigenvalue weighted by atomic mass is 10.0. The van der Waals surface area contributed by atoms with E-state index in [1.54, 1.807) is 38.2 Å². The van der Waals surface area contributed by atoms with Crippen molar-refractivity contribution in [3.8, 4) is 0 Å². The third-order valence-electron chi connectivity index (χ3n) is 5.59. The summed E-state index contributed by atoms with van der Waals surface area (Å²) in [5, 5.41) is 5.27. The van der Waals surface area contributed by atoms with Gasteiger partial charge in [0.2, 0.25) is 6.17 Å². The summed E-state index contributed by atoms with van der Waals surface area (Å²) in [4.78, 5) is 45.0. The molecule has 0 radical (unpaired) electrons. The zero-order chi connectivity index (χ0) is 24.8. The van der Waals surface area contributed by atoms with Gasteiger partial charge in [-0.3, -0.25) is 4.79 Å². The number of benzene rings is 3. The predicted octanol–water partition coefficient (Wildman–Crippen LogP) is 3.43. The highest BCUT2D eigenvalue weighted by Gasteiger charge is 2.32. The normalized spacial score (nSPS) is 15.8. The van der Waals surface area contributed by atoms with Gasteiger partial charge in [0.25, 0.3) is 5.91 Å². The molecular weight excluding hydrogens is 444 g/mol. The highest BCUT2D eigenvalue weighted by Crippen LogP contribution is 2.27. The second-order valence-corrected chi connectivity index (χ2v) is 7.87. The standard InChI is InChI=1S/C27H26N4O4/c1-3-35-26(33)23(19-14-8-5-9-15-19)29-27(34)30-24-25(32)31(2)21-17-11-10-16-20(21)22(28-24)18-12-6-4-7-13-18/h4-17,23-24H,3H2,1-2H3,(H2,29,30,34). The Morgan fingerprint density at radius 2 is 1.60 bits per heavy atom. The van der Waals surface area contributed by atoms with Crippen LogP contribution in [0.3, 0.4) is 0 Å². The summed E-state index contributed by atoms with van der Waals surface area (Å²) in [6.07, 6.45) is -1.21. The minimum absolute atomic E-state index is 0.167. The molecule has 0 saturated heterocycles. The van der Waals surface area contributed by atoms with Crippen LogP contribution in [0.1, 0.15) is 29.7 Å². The number of amides is 3. The highest BCUT2D eigenvalue weighted by atomic mass is 16.5. The maximum atomic E-state index is 13.3. The van der Waals surface area contributed by atoms with Crippen LogP contribution in [0.4, 0.5) is 10.5 Å². The van der Waals surface area contributed by atoms with Crippen molar-refractivity contribution >= 4 is 29.3 Å². The van der Waals surface area contributed by atoms with Gasteiger partial charge in [-0.05, 0) is 18.6 Å². The van der Waals surface area contributed by atoms with Crippen molar-refractivity contribution in [1.82, 2.24) is 10.6 Å². The summed E-state index contributed by atoms with van der Waals surface area (Å²) in [6.45, 7) is 1.86. The number of carbonyl (C=O) groups is 3. The number of urea groups is 1. The van der Waals surface area contributed by atoms with E-state index in [0.29, 0.717) is 17.0 Å². The highest BCUT2D eigenvalue weighted by molar-refractivity contribution is 6.20. The number of carbonyl (C=O) groups excluding carboxylic acids is 3. The third-order valence-corrected chi connectivity index (χ3v) is 5.59. The summed E-state index contributed by atoms with van der Waals surface area (Å²) >= 11 is 0. The van der Waals surface area contributed by atoms with Gasteiger partial charge in [0.05, 0.1) is 18.0 Å². The van der Waals surface area contributed by atoms with Crippen LogP contribution in [0.25, 0.3) is 0 Å². The Morgan fingerprint density at radius 1 is 0.971 bits per heavy atom. The maximum absolute atomic E-state index is 13.3. The van der Waals surface area contributed by atoms with Gasteiger partial charge in [-0.15, -0.1) is 0 Å². The van der Waals surface area contributed by atoms with E-state index in [4.69, 9.17) is 4.74 Å². The second-order valence-electron chi connectivity index (χ2n) is 7.87. The fourth-order valence-electron chi connectivity index (χ4n) is 3.89. The maximum Gasteiger partial charge on any atom is 0.333 e. The molecule has 1 heterocycles. The molecule has 35 heavy (non-hydrogen) atoms. The van der Waals surface area contributed by atoms with Crippen LogP contribution in [0.2, 0.25) is 0 Å². The molecule has 2 atom stereocenters. The number of anilines is 1. The second kappa shape index (κ2) is 10.6. The van der Waals surface area contributed by atoms with Crippen molar-refractivity contribution in [3.05, 3.63) is 102 Å². The quantitative estimate of drug-likeness (QED) is 0.539. The van der Waals surface area contributed by atoms with Crippen LogP contribution in [0.15, 0.2) is 89.9 Å². The number of para-hydroxylation sites is 1. The molecule has 0 spiro atoms. The monoisotopic (exact) mass is 470 g/mol. The van der Waals surface area contributed by atoms with E-state index >= 15 is 0 Å². The number of likely N-dealkylation sites (N-methyl/N-ethyl adjacent to an activating group) is 1. The van der Waals surface area contributed by atoms with Crippen LogP contribution in [0.5, 0.6) is 0 Å². The van der Waals surface area contributed by atoms with Gasteiger partial charge in [-0.1, -0.05) is 78.9 Å². The number of hydrogen-bond donors (Lipinski definition) is 2. The van der Waals surface area contributed by atoms with Crippen LogP contribution >= 0.6 is 0 Å². The van der Waals surface area contributed by atoms with Gasteiger partial charge in [0, 0.05) is 18.2 Å². The Bertz CT molecular complexity index is 1240. The average molecular weight is 471 g/mol. The van der Waals surface area contributed by atoms with Crippen molar-refractivity contribution in [3.63, 3.8) is 0 Å². The lowest BCUT2D eigenvalue weighted by molar-refractivity contribution is -0.145. The lowest BCUT2D eigenvalue weighted by Crippen LogP contribution is -2.51. The van der Waals surface area contributed by atoms with Crippen LogP contribution in [-0.4, -0.2) is 43.4 Å². The van der Waals surface area contributed by atoms with E-state index in [9.17, 15) is 14.4 Å². The molecule has 8 heteroatoms. The summed E-state index contributed by atoms with van der Waals surface area (Å²) in [5.74, 6) is -1.01. The molecular formula is C27H26N4O4. The lowest BCUT2D eigenvalue weighted by Gasteiger charge is -2.22. The van der Waals surface area contributed by atoms with E-state index in [-0.39, 0.29) is 6.61 Å². The first-order chi connectivity index (χ1) is 17.0. The van der Waals surface area contributed by atoms with E-state index in [1.807, 2.05) is 60.7 Å². The molecule has 0 fully saturated rings. The SMILES string of the molecule is CCOC(=O)C(NC(=O)NC1N=C(c2ccccc2)c2ccccc2N(C)C1=O)c1ccccc1. The molecule has 3 aromatic rings. The fraction of sp³-hybridized carbons (Fsp3) is 0.185. The average Bonchev–Trinajstić information content (AvgIpc) is 2.99. The first-order valence-electron chi connectivity index (χ1n) is 11.3. The molecule has 0 aromatic heterocycles.